The zero-order valence-electron chi connectivity index (χ0n) is 12.6. The number of piperidine rings is 1. The maximum Gasteiger partial charge on any atom is 0.00927 e. The summed E-state index contributed by atoms with van der Waals surface area (Å²) < 4.78 is 0. The van der Waals surface area contributed by atoms with Gasteiger partial charge in [-0.2, -0.15) is 0 Å². The van der Waals surface area contributed by atoms with Gasteiger partial charge in [0.1, 0.15) is 0 Å². The molecule has 1 aliphatic carbocycles. The lowest BCUT2D eigenvalue weighted by Crippen LogP contribution is -2.46. The molecule has 0 spiro atoms. The van der Waals surface area contributed by atoms with Crippen molar-refractivity contribution in [3.8, 4) is 0 Å². The molecule has 0 bridgehead atoms. The molecule has 0 aromatic heterocycles. The molecule has 2 fully saturated rings. The van der Waals surface area contributed by atoms with E-state index in [0.29, 0.717) is 0 Å². The molecule has 2 rings (SSSR count). The van der Waals surface area contributed by atoms with Gasteiger partial charge in [0.2, 0.25) is 0 Å². The lowest BCUT2D eigenvalue weighted by atomic mass is 9.86. The monoisotopic (exact) mass is 252 g/mol. The van der Waals surface area contributed by atoms with Crippen LogP contribution in [0.5, 0.6) is 0 Å². The minimum atomic E-state index is 0.785. The zero-order chi connectivity index (χ0) is 13.0. The Labute approximate surface area is 114 Å². The molecule has 1 N–H and O–H groups in total. The molecule has 3 atom stereocenters. The average Bonchev–Trinajstić information content (AvgIpc) is 2.83. The van der Waals surface area contributed by atoms with Crippen molar-refractivity contribution in [1.82, 2.24) is 10.2 Å². The van der Waals surface area contributed by atoms with Crippen molar-refractivity contribution in [3.63, 3.8) is 0 Å². The average molecular weight is 252 g/mol. The molecule has 3 unspecified atom stereocenters. The number of nitrogens with one attached hydrogen (secondary N) is 1. The zero-order valence-corrected chi connectivity index (χ0v) is 12.6. The third-order valence-corrected chi connectivity index (χ3v) is 5.13. The molecule has 0 radical (unpaired) electrons. The number of hydrogen-bond donors (Lipinski definition) is 1. The molecular weight excluding hydrogens is 220 g/mol. The van der Waals surface area contributed by atoms with Gasteiger partial charge in [-0.1, -0.05) is 26.7 Å². The van der Waals surface area contributed by atoms with E-state index < -0.39 is 0 Å². The standard InChI is InChI=1S/C16H32N2/c1-13-11-14(2)15(3)18(12-13)10-6-9-17-16-7-4-5-8-16/h13-17H,4-12H2,1-3H3. The Kier molecular flexibility index (Phi) is 5.50. The summed E-state index contributed by atoms with van der Waals surface area (Å²) in [5, 5.41) is 3.73. The van der Waals surface area contributed by atoms with Gasteiger partial charge >= 0.3 is 0 Å². The first kappa shape index (κ1) is 14.3. The number of likely N-dealkylation sites (tertiary alicyclic amines) is 1. The van der Waals surface area contributed by atoms with Crippen LogP contribution in [0.1, 0.15) is 59.3 Å². The maximum absolute atomic E-state index is 3.73. The predicted octanol–water partition coefficient (Wildman–Crippen LogP) is 3.28. The molecule has 106 valence electrons. The van der Waals surface area contributed by atoms with Gasteiger partial charge < -0.3 is 10.2 Å². The summed E-state index contributed by atoms with van der Waals surface area (Å²) in [5.41, 5.74) is 0. The van der Waals surface area contributed by atoms with Crippen molar-refractivity contribution in [2.75, 3.05) is 19.6 Å². The van der Waals surface area contributed by atoms with E-state index in [-0.39, 0.29) is 0 Å². The lowest BCUT2D eigenvalue weighted by molar-refractivity contribution is 0.0786. The van der Waals surface area contributed by atoms with E-state index in [1.165, 1.54) is 58.2 Å². The Morgan fingerprint density at radius 2 is 1.83 bits per heavy atom. The van der Waals surface area contributed by atoms with Crippen molar-refractivity contribution in [3.05, 3.63) is 0 Å². The quantitative estimate of drug-likeness (QED) is 0.756. The van der Waals surface area contributed by atoms with Gasteiger partial charge in [-0.15, -0.1) is 0 Å². The largest absolute Gasteiger partial charge is 0.314 e. The number of nitrogens with zero attached hydrogens (tertiary/aromatic N) is 1. The van der Waals surface area contributed by atoms with Gasteiger partial charge in [0.25, 0.3) is 0 Å². The Balaban J connectivity index is 1.62. The highest BCUT2D eigenvalue weighted by Crippen LogP contribution is 2.26. The normalized spacial score (nSPS) is 35.2. The smallest absolute Gasteiger partial charge is 0.00927 e. The fourth-order valence-electron chi connectivity index (χ4n) is 3.85. The Bertz CT molecular complexity index is 235. The summed E-state index contributed by atoms with van der Waals surface area (Å²) in [6, 6.07) is 1.62. The Hall–Kier alpha value is -0.0800. The van der Waals surface area contributed by atoms with Crippen LogP contribution in [0.4, 0.5) is 0 Å². The van der Waals surface area contributed by atoms with Gasteiger partial charge in [0.05, 0.1) is 0 Å². The van der Waals surface area contributed by atoms with Crippen LogP contribution in [0.15, 0.2) is 0 Å². The van der Waals surface area contributed by atoms with Crippen LogP contribution in [-0.4, -0.2) is 36.6 Å². The van der Waals surface area contributed by atoms with Crippen LogP contribution in [-0.2, 0) is 0 Å². The van der Waals surface area contributed by atoms with Crippen molar-refractivity contribution in [2.45, 2.75) is 71.4 Å². The van der Waals surface area contributed by atoms with Gasteiger partial charge in [-0.05, 0) is 57.5 Å². The minimum absolute atomic E-state index is 0.785. The SMILES string of the molecule is CC1CC(C)C(C)N(CCCNC2CCCC2)C1. The molecular formula is C16H32N2. The van der Waals surface area contributed by atoms with E-state index in [1.807, 2.05) is 0 Å². The van der Waals surface area contributed by atoms with Crippen LogP contribution < -0.4 is 5.32 Å². The van der Waals surface area contributed by atoms with Crippen LogP contribution in [0.2, 0.25) is 0 Å². The minimum Gasteiger partial charge on any atom is -0.314 e. The van der Waals surface area contributed by atoms with Crippen molar-refractivity contribution < 1.29 is 0 Å². The van der Waals surface area contributed by atoms with Gasteiger partial charge in [0.15, 0.2) is 0 Å². The summed E-state index contributed by atoms with van der Waals surface area (Å²) >= 11 is 0. The molecule has 1 aliphatic heterocycles. The summed E-state index contributed by atoms with van der Waals surface area (Å²) in [6.07, 6.45) is 8.44. The summed E-state index contributed by atoms with van der Waals surface area (Å²) in [6.45, 7) is 11.1. The van der Waals surface area contributed by atoms with Crippen molar-refractivity contribution in [2.24, 2.45) is 11.8 Å². The second-order valence-electron chi connectivity index (χ2n) is 6.84. The third-order valence-electron chi connectivity index (χ3n) is 5.13. The molecule has 0 aromatic carbocycles. The van der Waals surface area contributed by atoms with Crippen LogP contribution >= 0.6 is 0 Å². The second kappa shape index (κ2) is 6.91. The van der Waals surface area contributed by atoms with Gasteiger partial charge in [-0.25, -0.2) is 0 Å². The summed E-state index contributed by atoms with van der Waals surface area (Å²) in [4.78, 5) is 2.72. The number of hydrogen-bond acceptors (Lipinski definition) is 2. The first-order valence-corrected chi connectivity index (χ1v) is 8.14. The summed E-state index contributed by atoms with van der Waals surface area (Å²) in [5.74, 6) is 1.76. The van der Waals surface area contributed by atoms with Crippen LogP contribution in [0, 0.1) is 11.8 Å². The predicted molar refractivity (Wildman–Crippen MR) is 78.9 cm³/mol. The molecule has 0 aromatic rings. The summed E-state index contributed by atoms with van der Waals surface area (Å²) in [7, 11) is 0. The topological polar surface area (TPSA) is 15.3 Å². The van der Waals surface area contributed by atoms with E-state index in [9.17, 15) is 0 Å². The van der Waals surface area contributed by atoms with E-state index in [0.717, 1.165) is 23.9 Å². The Morgan fingerprint density at radius 1 is 1.11 bits per heavy atom. The van der Waals surface area contributed by atoms with Crippen molar-refractivity contribution >= 4 is 0 Å². The van der Waals surface area contributed by atoms with E-state index in [2.05, 4.69) is 31.0 Å². The fourth-order valence-corrected chi connectivity index (χ4v) is 3.85. The molecule has 18 heavy (non-hydrogen) atoms. The first-order chi connectivity index (χ1) is 8.66. The highest BCUT2D eigenvalue weighted by atomic mass is 15.2. The molecule has 1 saturated carbocycles. The lowest BCUT2D eigenvalue weighted by Gasteiger charge is -2.41. The van der Waals surface area contributed by atoms with Crippen molar-refractivity contribution in [1.29, 1.82) is 0 Å². The molecule has 0 amide bonds. The van der Waals surface area contributed by atoms with Gasteiger partial charge in [-0.3, -0.25) is 0 Å². The molecule has 2 aliphatic rings. The molecule has 2 nitrogen and oxygen atoms in total. The maximum atomic E-state index is 3.73. The van der Waals surface area contributed by atoms with E-state index in [1.54, 1.807) is 0 Å². The highest BCUT2D eigenvalue weighted by molar-refractivity contribution is 4.82. The van der Waals surface area contributed by atoms with Gasteiger partial charge in [0, 0.05) is 18.6 Å². The number of rotatable bonds is 5. The van der Waals surface area contributed by atoms with E-state index in [4.69, 9.17) is 0 Å². The molecule has 2 heteroatoms. The first-order valence-electron chi connectivity index (χ1n) is 8.14. The van der Waals surface area contributed by atoms with E-state index >= 15 is 0 Å². The Morgan fingerprint density at radius 3 is 2.56 bits per heavy atom. The second-order valence-corrected chi connectivity index (χ2v) is 6.84. The molecule has 1 heterocycles. The third kappa shape index (κ3) is 3.96. The van der Waals surface area contributed by atoms with Crippen LogP contribution in [0.3, 0.4) is 0 Å². The fraction of sp³-hybridized carbons (Fsp3) is 1.00. The molecule has 1 saturated heterocycles. The highest BCUT2D eigenvalue weighted by Gasteiger charge is 2.28. The van der Waals surface area contributed by atoms with Crippen LogP contribution in [0.25, 0.3) is 0 Å².